The van der Waals surface area contributed by atoms with E-state index < -0.39 is 0 Å². The minimum Gasteiger partial charge on any atom is -0.474 e. The molecule has 0 aliphatic carbocycles. The van der Waals surface area contributed by atoms with Gasteiger partial charge in [0.2, 0.25) is 5.88 Å². The normalized spacial score (nSPS) is 16.9. The van der Waals surface area contributed by atoms with Crippen LogP contribution >= 0.6 is 11.6 Å². The molecule has 0 unspecified atom stereocenters. The van der Waals surface area contributed by atoms with Crippen LogP contribution in [0.5, 0.6) is 5.88 Å². The van der Waals surface area contributed by atoms with Gasteiger partial charge in [-0.15, -0.1) is 0 Å². The number of urea groups is 1. The number of halogens is 1. The number of hydrogen-bond donors (Lipinski definition) is 1. The van der Waals surface area contributed by atoms with E-state index in [2.05, 4.69) is 10.3 Å². The third-order valence-corrected chi connectivity index (χ3v) is 5.27. The van der Waals surface area contributed by atoms with Crippen molar-refractivity contribution < 1.29 is 14.3 Å². The van der Waals surface area contributed by atoms with Gasteiger partial charge in [-0.3, -0.25) is 4.90 Å². The first-order valence-corrected chi connectivity index (χ1v) is 9.60. The number of rotatable bonds is 4. The van der Waals surface area contributed by atoms with E-state index in [9.17, 15) is 4.79 Å². The largest absolute Gasteiger partial charge is 0.474 e. The van der Waals surface area contributed by atoms with E-state index >= 15 is 0 Å². The lowest BCUT2D eigenvalue weighted by atomic mass is 10.1. The number of hydrogen-bond acceptors (Lipinski definition) is 4. The predicted octanol–water partition coefficient (Wildman–Crippen LogP) is 3.57. The molecule has 0 bridgehead atoms. The molecule has 1 fully saturated rings. The summed E-state index contributed by atoms with van der Waals surface area (Å²) in [5, 5.41) is 3.69. The van der Waals surface area contributed by atoms with Gasteiger partial charge in [0.25, 0.3) is 0 Å². The lowest BCUT2D eigenvalue weighted by Gasteiger charge is -2.23. The van der Waals surface area contributed by atoms with Crippen LogP contribution in [0.4, 0.5) is 10.5 Å². The molecule has 2 aromatic rings. The Balaban J connectivity index is 1.36. The van der Waals surface area contributed by atoms with E-state index in [-0.39, 0.29) is 12.1 Å². The van der Waals surface area contributed by atoms with Crippen LogP contribution < -0.4 is 15.0 Å². The molecule has 142 valence electrons. The van der Waals surface area contributed by atoms with Crippen LogP contribution in [0.3, 0.4) is 0 Å². The maximum atomic E-state index is 12.6. The lowest BCUT2D eigenvalue weighted by Crippen LogP contribution is -2.38. The van der Waals surface area contributed by atoms with E-state index in [1.54, 1.807) is 11.1 Å². The standard InChI is InChI=1S/C20H22ClN3O3/c21-17-2-1-3-18-16(17)5-9-24(18)20(25)23-13-14-4-8-22-19(12-14)27-15-6-10-26-11-7-15/h1-4,8,12,15H,5-7,9-11,13H2,(H,23,25). The number of carbonyl (C=O) groups excluding carboxylic acids is 1. The quantitative estimate of drug-likeness (QED) is 0.871. The summed E-state index contributed by atoms with van der Waals surface area (Å²) >= 11 is 6.22. The fourth-order valence-electron chi connectivity index (χ4n) is 3.47. The summed E-state index contributed by atoms with van der Waals surface area (Å²) in [5.74, 6) is 0.590. The molecular formula is C20H22ClN3O3. The molecule has 2 aliphatic heterocycles. The smallest absolute Gasteiger partial charge is 0.322 e. The lowest BCUT2D eigenvalue weighted by molar-refractivity contribution is 0.0237. The van der Waals surface area contributed by atoms with E-state index in [0.717, 1.165) is 49.3 Å². The molecule has 0 saturated carbocycles. The first-order chi connectivity index (χ1) is 13.2. The fourth-order valence-corrected chi connectivity index (χ4v) is 3.73. The summed E-state index contributed by atoms with van der Waals surface area (Å²) in [4.78, 5) is 18.6. The molecule has 7 heteroatoms. The van der Waals surface area contributed by atoms with Gasteiger partial charge in [-0.2, -0.15) is 0 Å². The zero-order valence-electron chi connectivity index (χ0n) is 15.0. The van der Waals surface area contributed by atoms with Crippen molar-refractivity contribution in [2.45, 2.75) is 31.9 Å². The number of benzene rings is 1. The SMILES string of the molecule is O=C(NCc1ccnc(OC2CCOCC2)c1)N1CCc2c(Cl)cccc21. The number of fused-ring (bicyclic) bond motifs is 1. The second kappa shape index (κ2) is 8.15. The molecule has 2 amide bonds. The molecule has 1 saturated heterocycles. The number of aromatic nitrogens is 1. The van der Waals surface area contributed by atoms with Gasteiger partial charge in [-0.1, -0.05) is 17.7 Å². The minimum atomic E-state index is -0.125. The van der Waals surface area contributed by atoms with Crippen molar-refractivity contribution in [3.8, 4) is 5.88 Å². The highest BCUT2D eigenvalue weighted by Crippen LogP contribution is 2.33. The molecule has 4 rings (SSSR count). The van der Waals surface area contributed by atoms with Crippen molar-refractivity contribution in [3.63, 3.8) is 0 Å². The molecule has 6 nitrogen and oxygen atoms in total. The van der Waals surface area contributed by atoms with Crippen LogP contribution in [-0.2, 0) is 17.7 Å². The second-order valence-electron chi connectivity index (χ2n) is 6.73. The van der Waals surface area contributed by atoms with Crippen LogP contribution in [0.15, 0.2) is 36.5 Å². The third-order valence-electron chi connectivity index (χ3n) is 4.91. The predicted molar refractivity (Wildman–Crippen MR) is 103 cm³/mol. The number of nitrogens with one attached hydrogen (secondary N) is 1. The molecule has 0 radical (unpaired) electrons. The number of anilines is 1. The van der Waals surface area contributed by atoms with Gasteiger partial charge < -0.3 is 14.8 Å². The van der Waals surface area contributed by atoms with Crippen LogP contribution in [0.1, 0.15) is 24.0 Å². The fraction of sp³-hybridized carbons (Fsp3) is 0.400. The summed E-state index contributed by atoms with van der Waals surface area (Å²) in [6.07, 6.45) is 4.38. The molecule has 1 N–H and O–H groups in total. The molecule has 1 aromatic carbocycles. The Morgan fingerprint density at radius 1 is 1.33 bits per heavy atom. The minimum absolute atomic E-state index is 0.125. The number of amides is 2. The van der Waals surface area contributed by atoms with Gasteiger partial charge in [0, 0.05) is 43.2 Å². The molecule has 0 atom stereocenters. The highest BCUT2D eigenvalue weighted by atomic mass is 35.5. The number of pyridine rings is 1. The summed E-state index contributed by atoms with van der Waals surface area (Å²) in [7, 11) is 0. The van der Waals surface area contributed by atoms with Crippen LogP contribution in [0.2, 0.25) is 5.02 Å². The maximum absolute atomic E-state index is 12.6. The van der Waals surface area contributed by atoms with Gasteiger partial charge in [-0.05, 0) is 35.7 Å². The van der Waals surface area contributed by atoms with Gasteiger partial charge in [-0.25, -0.2) is 9.78 Å². The summed E-state index contributed by atoms with van der Waals surface area (Å²) in [5.41, 5.74) is 2.87. The van der Waals surface area contributed by atoms with Crippen molar-refractivity contribution >= 4 is 23.3 Å². The topological polar surface area (TPSA) is 63.7 Å². The summed E-state index contributed by atoms with van der Waals surface area (Å²) in [6.45, 7) is 2.50. The maximum Gasteiger partial charge on any atom is 0.322 e. The molecule has 27 heavy (non-hydrogen) atoms. The number of nitrogens with zero attached hydrogens (tertiary/aromatic N) is 2. The van der Waals surface area contributed by atoms with Crippen molar-refractivity contribution in [1.82, 2.24) is 10.3 Å². The third kappa shape index (κ3) is 4.17. The molecular weight excluding hydrogens is 366 g/mol. The highest BCUT2D eigenvalue weighted by Gasteiger charge is 2.26. The van der Waals surface area contributed by atoms with E-state index in [4.69, 9.17) is 21.1 Å². The van der Waals surface area contributed by atoms with Crippen LogP contribution in [-0.4, -0.2) is 36.9 Å². The van der Waals surface area contributed by atoms with E-state index in [1.165, 1.54) is 0 Å². The Morgan fingerprint density at radius 3 is 3.04 bits per heavy atom. The van der Waals surface area contributed by atoms with Crippen molar-refractivity contribution in [2.24, 2.45) is 0 Å². The Hall–Kier alpha value is -2.31. The molecule has 1 aromatic heterocycles. The summed E-state index contributed by atoms with van der Waals surface area (Å²) in [6, 6.07) is 9.30. The number of ether oxygens (including phenoxy) is 2. The van der Waals surface area contributed by atoms with Gasteiger partial charge in [0.05, 0.1) is 18.9 Å². The Labute approximate surface area is 163 Å². The van der Waals surface area contributed by atoms with Crippen molar-refractivity contribution in [3.05, 3.63) is 52.7 Å². The van der Waals surface area contributed by atoms with E-state index in [0.29, 0.717) is 24.0 Å². The molecule has 3 heterocycles. The van der Waals surface area contributed by atoms with Gasteiger partial charge in [0.15, 0.2) is 0 Å². The first kappa shape index (κ1) is 18.1. The Bertz CT molecular complexity index is 824. The molecule has 0 spiro atoms. The van der Waals surface area contributed by atoms with Crippen molar-refractivity contribution in [2.75, 3.05) is 24.7 Å². The zero-order valence-corrected chi connectivity index (χ0v) is 15.7. The van der Waals surface area contributed by atoms with Crippen LogP contribution in [0.25, 0.3) is 0 Å². The Kier molecular flexibility index (Phi) is 5.45. The van der Waals surface area contributed by atoms with E-state index in [1.807, 2.05) is 30.3 Å². The average Bonchev–Trinajstić information content (AvgIpc) is 3.13. The summed E-state index contributed by atoms with van der Waals surface area (Å²) < 4.78 is 11.3. The zero-order chi connectivity index (χ0) is 18.6. The van der Waals surface area contributed by atoms with Crippen LogP contribution in [0, 0.1) is 0 Å². The first-order valence-electron chi connectivity index (χ1n) is 9.23. The highest BCUT2D eigenvalue weighted by molar-refractivity contribution is 6.32. The molecule has 2 aliphatic rings. The number of carbonyl (C=O) groups is 1. The second-order valence-corrected chi connectivity index (χ2v) is 7.14. The van der Waals surface area contributed by atoms with Gasteiger partial charge >= 0.3 is 6.03 Å². The van der Waals surface area contributed by atoms with Gasteiger partial charge in [0.1, 0.15) is 6.10 Å². The monoisotopic (exact) mass is 387 g/mol. The Morgan fingerprint density at radius 2 is 2.19 bits per heavy atom. The van der Waals surface area contributed by atoms with Crippen molar-refractivity contribution in [1.29, 1.82) is 0 Å². The average molecular weight is 388 g/mol.